The molecule has 0 aromatic carbocycles. The fourth-order valence-corrected chi connectivity index (χ4v) is 2.71. The van der Waals surface area contributed by atoms with Crippen LogP contribution in [0.3, 0.4) is 0 Å². The molecule has 3 unspecified atom stereocenters. The summed E-state index contributed by atoms with van der Waals surface area (Å²) in [5.74, 6) is 2.34. The van der Waals surface area contributed by atoms with Crippen LogP contribution >= 0.6 is 12.4 Å². The molecule has 12 heavy (non-hydrogen) atoms. The van der Waals surface area contributed by atoms with E-state index >= 15 is 0 Å². The van der Waals surface area contributed by atoms with Crippen LogP contribution in [0.2, 0.25) is 0 Å². The maximum Gasteiger partial charge on any atom is 0.0939 e. The minimum absolute atomic E-state index is 0. The Labute approximate surface area is 80.0 Å². The smallest absolute Gasteiger partial charge is 0.0939 e. The van der Waals surface area contributed by atoms with Crippen LogP contribution in [0.1, 0.15) is 27.2 Å². The molecule has 0 aromatic rings. The zero-order valence-corrected chi connectivity index (χ0v) is 8.66. The van der Waals surface area contributed by atoms with Crippen LogP contribution in [0.4, 0.5) is 0 Å². The molecule has 3 atom stereocenters. The molecule has 2 nitrogen and oxygen atoms in total. The highest BCUT2D eigenvalue weighted by Crippen LogP contribution is 2.54. The number of hydrogen-bond acceptors (Lipinski definition) is 1. The van der Waals surface area contributed by atoms with Gasteiger partial charge < -0.3 is 5.32 Å². The lowest BCUT2D eigenvalue weighted by atomic mass is 9.80. The van der Waals surface area contributed by atoms with E-state index in [1.807, 2.05) is 0 Å². The highest BCUT2D eigenvalue weighted by Gasteiger charge is 2.57. The Morgan fingerprint density at radius 2 is 2.08 bits per heavy atom. The zero-order chi connectivity index (χ0) is 8.22. The predicted molar refractivity (Wildman–Crippen MR) is 53.0 cm³/mol. The Bertz CT molecular complexity index is 213. The molecule has 1 aliphatic heterocycles. The fourth-order valence-electron chi connectivity index (χ4n) is 2.71. The van der Waals surface area contributed by atoms with Gasteiger partial charge in [-0.3, -0.25) is 5.41 Å². The molecule has 1 saturated heterocycles. The minimum atomic E-state index is 0. The average Bonchev–Trinajstić information content (AvgIpc) is 2.39. The van der Waals surface area contributed by atoms with E-state index < -0.39 is 0 Å². The molecule has 0 aromatic heterocycles. The van der Waals surface area contributed by atoms with Crippen LogP contribution in [0, 0.1) is 22.7 Å². The second-order valence-corrected chi connectivity index (χ2v) is 4.70. The standard InChI is InChI=1S/C9H16N2.ClH/c1-5-7-8(5)11-6(10)4-9(7,2)3;/h5,7-8H,4H2,1-3H3,(H2,10,11);1H. The van der Waals surface area contributed by atoms with Gasteiger partial charge in [0.25, 0.3) is 0 Å². The summed E-state index contributed by atoms with van der Waals surface area (Å²) in [5, 5.41) is 10.8. The molecule has 1 saturated carbocycles. The number of hydrogen-bond donors (Lipinski definition) is 2. The van der Waals surface area contributed by atoms with Gasteiger partial charge in [0.1, 0.15) is 0 Å². The quantitative estimate of drug-likeness (QED) is 0.600. The van der Waals surface area contributed by atoms with Crippen molar-refractivity contribution in [3.05, 3.63) is 0 Å². The lowest BCUT2D eigenvalue weighted by molar-refractivity contribution is 0.285. The first-order chi connectivity index (χ1) is 5.02. The highest BCUT2D eigenvalue weighted by atomic mass is 35.5. The third kappa shape index (κ3) is 1.22. The molecule has 2 N–H and O–H groups in total. The molecule has 0 amide bonds. The van der Waals surface area contributed by atoms with E-state index in [9.17, 15) is 0 Å². The van der Waals surface area contributed by atoms with E-state index in [-0.39, 0.29) is 12.4 Å². The van der Waals surface area contributed by atoms with Gasteiger partial charge in [-0.1, -0.05) is 20.8 Å². The Morgan fingerprint density at radius 3 is 2.58 bits per heavy atom. The third-order valence-electron chi connectivity index (χ3n) is 3.25. The summed E-state index contributed by atoms with van der Waals surface area (Å²) in [6.07, 6.45) is 0.929. The van der Waals surface area contributed by atoms with Gasteiger partial charge in [0.15, 0.2) is 0 Å². The number of fused-ring (bicyclic) bond motifs is 1. The number of halogens is 1. The molecule has 0 spiro atoms. The molecule has 70 valence electrons. The third-order valence-corrected chi connectivity index (χ3v) is 3.25. The first-order valence-electron chi connectivity index (χ1n) is 4.36. The van der Waals surface area contributed by atoms with E-state index in [2.05, 4.69) is 26.1 Å². The SMILES string of the molecule is CC1C2NC(=N)CC(C)(C)C12.Cl. The maximum atomic E-state index is 7.58. The van der Waals surface area contributed by atoms with Gasteiger partial charge in [0.05, 0.1) is 5.84 Å². The van der Waals surface area contributed by atoms with Crippen molar-refractivity contribution in [2.75, 3.05) is 0 Å². The zero-order valence-electron chi connectivity index (χ0n) is 7.85. The van der Waals surface area contributed by atoms with Gasteiger partial charge >= 0.3 is 0 Å². The van der Waals surface area contributed by atoms with E-state index in [0.29, 0.717) is 11.5 Å². The Balaban J connectivity index is 0.000000720. The molecule has 3 heteroatoms. The molecule has 2 rings (SSSR count). The fraction of sp³-hybridized carbons (Fsp3) is 0.889. The first-order valence-corrected chi connectivity index (χ1v) is 4.36. The van der Waals surface area contributed by atoms with E-state index in [4.69, 9.17) is 5.41 Å². The van der Waals surface area contributed by atoms with Crippen molar-refractivity contribution < 1.29 is 0 Å². The van der Waals surface area contributed by atoms with Crippen LogP contribution < -0.4 is 5.32 Å². The van der Waals surface area contributed by atoms with E-state index in [1.54, 1.807) is 0 Å². The summed E-state index contributed by atoms with van der Waals surface area (Å²) < 4.78 is 0. The van der Waals surface area contributed by atoms with Crippen molar-refractivity contribution in [3.63, 3.8) is 0 Å². The normalized spacial score (nSPS) is 42.2. The maximum absolute atomic E-state index is 7.58. The molecular weight excluding hydrogens is 172 g/mol. The summed E-state index contributed by atoms with van der Waals surface area (Å²) >= 11 is 0. The Morgan fingerprint density at radius 1 is 1.50 bits per heavy atom. The van der Waals surface area contributed by atoms with Gasteiger partial charge in [-0.05, 0) is 17.3 Å². The largest absolute Gasteiger partial charge is 0.371 e. The van der Waals surface area contributed by atoms with Crippen LogP contribution in [0.25, 0.3) is 0 Å². The minimum Gasteiger partial charge on any atom is -0.371 e. The van der Waals surface area contributed by atoms with Crippen molar-refractivity contribution >= 4 is 18.2 Å². The van der Waals surface area contributed by atoms with Crippen molar-refractivity contribution in [2.45, 2.75) is 33.2 Å². The van der Waals surface area contributed by atoms with Crippen molar-refractivity contribution in [1.82, 2.24) is 5.32 Å². The summed E-state index contributed by atoms with van der Waals surface area (Å²) in [6, 6.07) is 0.617. The topological polar surface area (TPSA) is 35.9 Å². The lowest BCUT2D eigenvalue weighted by Gasteiger charge is -2.30. The predicted octanol–water partition coefficient (Wildman–Crippen LogP) is 2.04. The van der Waals surface area contributed by atoms with Gasteiger partial charge in [0.2, 0.25) is 0 Å². The van der Waals surface area contributed by atoms with Crippen LogP contribution in [-0.2, 0) is 0 Å². The molecule has 0 bridgehead atoms. The van der Waals surface area contributed by atoms with Crippen molar-refractivity contribution in [2.24, 2.45) is 17.3 Å². The molecule has 1 aliphatic carbocycles. The van der Waals surface area contributed by atoms with Gasteiger partial charge in [-0.15, -0.1) is 12.4 Å². The number of nitrogens with one attached hydrogen (secondary N) is 2. The number of piperidine rings is 1. The van der Waals surface area contributed by atoms with E-state index in [1.165, 1.54) is 0 Å². The first kappa shape index (κ1) is 9.85. The second-order valence-electron chi connectivity index (χ2n) is 4.70. The summed E-state index contributed by atoms with van der Waals surface area (Å²) in [7, 11) is 0. The van der Waals surface area contributed by atoms with Gasteiger partial charge in [-0.2, -0.15) is 0 Å². The number of amidine groups is 1. The highest BCUT2D eigenvalue weighted by molar-refractivity contribution is 5.85. The lowest BCUT2D eigenvalue weighted by Crippen LogP contribution is -2.38. The monoisotopic (exact) mass is 188 g/mol. The summed E-state index contributed by atoms with van der Waals surface area (Å²) in [5.41, 5.74) is 0.367. The van der Waals surface area contributed by atoms with Crippen molar-refractivity contribution in [1.29, 1.82) is 5.41 Å². The van der Waals surface area contributed by atoms with Crippen LogP contribution in [-0.4, -0.2) is 11.9 Å². The molecular formula is C9H17ClN2. The number of rotatable bonds is 0. The molecule has 1 heterocycles. The Hall–Kier alpha value is -0.240. The van der Waals surface area contributed by atoms with Crippen LogP contribution in [0.5, 0.6) is 0 Å². The summed E-state index contributed by atoms with van der Waals surface area (Å²) in [4.78, 5) is 0. The van der Waals surface area contributed by atoms with Crippen molar-refractivity contribution in [3.8, 4) is 0 Å². The second kappa shape index (κ2) is 2.63. The summed E-state index contributed by atoms with van der Waals surface area (Å²) in [6.45, 7) is 6.84. The van der Waals surface area contributed by atoms with Crippen LogP contribution in [0.15, 0.2) is 0 Å². The molecule has 0 radical (unpaired) electrons. The average molecular weight is 189 g/mol. The van der Waals surface area contributed by atoms with Gasteiger partial charge in [-0.25, -0.2) is 0 Å². The molecule has 2 fully saturated rings. The Kier molecular flexibility index (Phi) is 2.15. The molecule has 2 aliphatic rings. The van der Waals surface area contributed by atoms with Gasteiger partial charge in [0, 0.05) is 12.5 Å². The van der Waals surface area contributed by atoms with E-state index in [0.717, 1.165) is 24.1 Å².